The fourth-order valence-electron chi connectivity index (χ4n) is 3.57. The number of rotatable bonds is 4. The number of fused-ring (bicyclic) bond motifs is 1. The Kier molecular flexibility index (Phi) is 4.73. The van der Waals surface area contributed by atoms with Crippen molar-refractivity contribution >= 4 is 38.4 Å². The Labute approximate surface area is 171 Å². The number of benzene rings is 1. The molecule has 0 atom stereocenters. The zero-order valence-electron chi connectivity index (χ0n) is 15.6. The lowest BCUT2D eigenvalue weighted by molar-refractivity contribution is -0.114. The first-order valence-electron chi connectivity index (χ1n) is 8.92. The predicted octanol–water partition coefficient (Wildman–Crippen LogP) is 4.96. The maximum Gasteiger partial charge on any atom is 0.221 e. The topological polar surface area (TPSA) is 59.8 Å². The molecule has 1 N–H and O–H groups in total. The second-order valence-corrected chi connectivity index (χ2v) is 7.67. The monoisotopic (exact) mass is 434 g/mol. The van der Waals surface area contributed by atoms with E-state index in [1.165, 1.54) is 6.92 Å². The minimum atomic E-state index is -0.626. The van der Waals surface area contributed by atoms with Crippen LogP contribution in [0.3, 0.4) is 0 Å². The van der Waals surface area contributed by atoms with Crippen LogP contribution in [0.2, 0.25) is 0 Å². The van der Waals surface area contributed by atoms with Gasteiger partial charge in [0.1, 0.15) is 5.54 Å². The highest BCUT2D eigenvalue weighted by Gasteiger charge is 2.34. The number of nitrogens with one attached hydrogen (secondary N) is 1. The molecule has 3 aromatic heterocycles. The largest absolute Gasteiger partial charge is 0.330 e. The lowest BCUT2D eigenvalue weighted by Crippen LogP contribution is -2.34. The molecule has 0 saturated carbocycles. The third-order valence-corrected chi connectivity index (χ3v) is 5.35. The van der Waals surface area contributed by atoms with Crippen molar-refractivity contribution in [1.82, 2.24) is 14.5 Å². The molecule has 0 spiro atoms. The van der Waals surface area contributed by atoms with Crippen LogP contribution >= 0.6 is 15.9 Å². The van der Waals surface area contributed by atoms with Gasteiger partial charge in [-0.1, -0.05) is 28.1 Å². The van der Waals surface area contributed by atoms with E-state index < -0.39 is 5.54 Å². The molecule has 0 bridgehead atoms. The second kappa shape index (κ2) is 7.20. The van der Waals surface area contributed by atoms with Gasteiger partial charge < -0.3 is 9.88 Å². The number of carbonyl (C=O) groups is 1. The average molecular weight is 435 g/mol. The molecule has 5 nitrogen and oxygen atoms in total. The van der Waals surface area contributed by atoms with Gasteiger partial charge in [0.25, 0.3) is 0 Å². The number of anilines is 1. The van der Waals surface area contributed by atoms with Crippen molar-refractivity contribution in [3.63, 3.8) is 0 Å². The molecule has 0 saturated heterocycles. The third kappa shape index (κ3) is 3.10. The Balaban J connectivity index is 2.02. The van der Waals surface area contributed by atoms with E-state index in [-0.39, 0.29) is 5.91 Å². The molecule has 1 amide bonds. The average Bonchev–Trinajstić information content (AvgIpc) is 3.13. The molecular weight excluding hydrogens is 416 g/mol. The smallest absolute Gasteiger partial charge is 0.221 e. The fourth-order valence-corrected chi connectivity index (χ4v) is 4.02. The summed E-state index contributed by atoms with van der Waals surface area (Å²) in [5.41, 5.74) is 2.87. The first-order chi connectivity index (χ1) is 13.5. The molecule has 4 rings (SSSR count). The highest BCUT2D eigenvalue weighted by Crippen LogP contribution is 2.38. The van der Waals surface area contributed by atoms with Gasteiger partial charge in [0, 0.05) is 35.4 Å². The van der Waals surface area contributed by atoms with Crippen molar-refractivity contribution in [2.45, 2.75) is 19.4 Å². The molecular formula is C22H19BrN4O. The van der Waals surface area contributed by atoms with Gasteiger partial charge in [-0.2, -0.15) is 0 Å². The summed E-state index contributed by atoms with van der Waals surface area (Å²) in [7, 11) is 0. The summed E-state index contributed by atoms with van der Waals surface area (Å²) in [6, 6.07) is 17.8. The lowest BCUT2D eigenvalue weighted by Gasteiger charge is -2.31. The Morgan fingerprint density at radius 3 is 2.21 bits per heavy atom. The van der Waals surface area contributed by atoms with Crippen molar-refractivity contribution in [3.8, 4) is 0 Å². The molecule has 6 heteroatoms. The van der Waals surface area contributed by atoms with Gasteiger partial charge in [-0.3, -0.25) is 14.8 Å². The van der Waals surface area contributed by atoms with E-state index in [0.717, 1.165) is 32.5 Å². The highest BCUT2D eigenvalue weighted by molar-refractivity contribution is 9.10. The van der Waals surface area contributed by atoms with Crippen molar-refractivity contribution in [1.29, 1.82) is 0 Å². The van der Waals surface area contributed by atoms with Crippen LogP contribution in [-0.2, 0) is 10.3 Å². The number of halogens is 1. The Morgan fingerprint density at radius 2 is 1.68 bits per heavy atom. The Hall–Kier alpha value is -2.99. The van der Waals surface area contributed by atoms with Crippen LogP contribution in [0, 0.1) is 0 Å². The number of nitrogens with zero attached hydrogens (tertiary/aromatic N) is 3. The van der Waals surface area contributed by atoms with Crippen LogP contribution in [0.4, 0.5) is 5.69 Å². The van der Waals surface area contributed by atoms with Gasteiger partial charge in [-0.25, -0.2) is 0 Å². The van der Waals surface area contributed by atoms with Crippen molar-refractivity contribution in [2.24, 2.45) is 0 Å². The third-order valence-electron chi connectivity index (χ3n) is 4.89. The van der Waals surface area contributed by atoms with E-state index >= 15 is 0 Å². The van der Waals surface area contributed by atoms with Crippen LogP contribution < -0.4 is 5.32 Å². The number of hydrogen-bond acceptors (Lipinski definition) is 3. The first kappa shape index (κ1) is 18.4. The molecule has 0 aliphatic rings. The van der Waals surface area contributed by atoms with Crippen LogP contribution in [0.15, 0.2) is 77.7 Å². The van der Waals surface area contributed by atoms with E-state index in [9.17, 15) is 4.79 Å². The van der Waals surface area contributed by atoms with Gasteiger partial charge in [0.05, 0.1) is 22.6 Å². The molecule has 1 aromatic carbocycles. The summed E-state index contributed by atoms with van der Waals surface area (Å²) in [6.07, 6.45) is 5.60. The van der Waals surface area contributed by atoms with E-state index in [0.29, 0.717) is 0 Å². The van der Waals surface area contributed by atoms with Gasteiger partial charge in [0.2, 0.25) is 5.91 Å². The summed E-state index contributed by atoms with van der Waals surface area (Å²) >= 11 is 3.58. The molecule has 140 valence electrons. The molecule has 0 aliphatic heterocycles. The number of carbonyl (C=O) groups excluding carboxylic acids is 1. The zero-order chi connectivity index (χ0) is 19.7. The minimum absolute atomic E-state index is 0.107. The number of pyridine rings is 2. The van der Waals surface area contributed by atoms with Crippen molar-refractivity contribution in [3.05, 3.63) is 89.0 Å². The predicted molar refractivity (Wildman–Crippen MR) is 114 cm³/mol. The van der Waals surface area contributed by atoms with Gasteiger partial charge in [0.15, 0.2) is 0 Å². The molecule has 3 heterocycles. The standard InChI is InChI=1S/C22H19BrN4O/c1-15(28)26-18-13-16(23)14-19-17(18)9-12-27(19)22(2,20-7-3-5-10-24-20)21-8-4-6-11-25-21/h3-14H,1-2H3,(H,26,28). The van der Waals surface area contributed by atoms with Crippen molar-refractivity contribution in [2.75, 3.05) is 5.32 Å². The Bertz CT molecular complexity index is 1100. The fraction of sp³-hybridized carbons (Fsp3) is 0.136. The normalized spacial score (nSPS) is 11.5. The van der Waals surface area contributed by atoms with Gasteiger partial charge in [-0.05, 0) is 49.4 Å². The van der Waals surface area contributed by atoms with Crippen LogP contribution in [0.1, 0.15) is 25.2 Å². The summed E-state index contributed by atoms with van der Waals surface area (Å²) in [6.45, 7) is 3.62. The van der Waals surface area contributed by atoms with Crippen LogP contribution in [-0.4, -0.2) is 20.4 Å². The minimum Gasteiger partial charge on any atom is -0.330 e. The van der Waals surface area contributed by atoms with Gasteiger partial charge in [-0.15, -0.1) is 0 Å². The van der Waals surface area contributed by atoms with Crippen LogP contribution in [0.5, 0.6) is 0 Å². The molecule has 0 unspecified atom stereocenters. The molecule has 4 aromatic rings. The van der Waals surface area contributed by atoms with Gasteiger partial charge >= 0.3 is 0 Å². The second-order valence-electron chi connectivity index (χ2n) is 6.76. The maximum atomic E-state index is 11.7. The molecule has 0 fully saturated rings. The van der Waals surface area contributed by atoms with E-state index in [1.807, 2.05) is 60.8 Å². The quantitative estimate of drug-likeness (QED) is 0.493. The Morgan fingerprint density at radius 1 is 1.04 bits per heavy atom. The lowest BCUT2D eigenvalue weighted by atomic mass is 9.91. The SMILES string of the molecule is CC(=O)Nc1cc(Br)cc2c1ccn2C(C)(c1ccccn1)c1ccccn1. The number of aromatic nitrogens is 3. The van der Waals surface area contributed by atoms with Crippen molar-refractivity contribution < 1.29 is 4.79 Å². The first-order valence-corrected chi connectivity index (χ1v) is 9.71. The maximum absolute atomic E-state index is 11.7. The summed E-state index contributed by atoms with van der Waals surface area (Å²) in [4.78, 5) is 20.9. The summed E-state index contributed by atoms with van der Waals surface area (Å²) in [5.74, 6) is -0.107. The van der Waals surface area contributed by atoms with Crippen LogP contribution in [0.25, 0.3) is 10.9 Å². The summed E-state index contributed by atoms with van der Waals surface area (Å²) in [5, 5.41) is 3.87. The zero-order valence-corrected chi connectivity index (χ0v) is 17.1. The molecule has 28 heavy (non-hydrogen) atoms. The number of hydrogen-bond donors (Lipinski definition) is 1. The molecule has 0 radical (unpaired) electrons. The van der Waals surface area contributed by atoms with E-state index in [1.54, 1.807) is 12.4 Å². The van der Waals surface area contributed by atoms with E-state index in [4.69, 9.17) is 0 Å². The van der Waals surface area contributed by atoms with E-state index in [2.05, 4.69) is 42.7 Å². The summed E-state index contributed by atoms with van der Waals surface area (Å²) < 4.78 is 3.04. The molecule has 0 aliphatic carbocycles. The number of amides is 1. The highest BCUT2D eigenvalue weighted by atomic mass is 79.9.